The Hall–Kier alpha value is -1.55. The van der Waals surface area contributed by atoms with Gasteiger partial charge in [0.15, 0.2) is 0 Å². The molecular formula is C17H25NO3. The third kappa shape index (κ3) is 5.76. The van der Waals surface area contributed by atoms with Crippen LogP contribution >= 0.6 is 0 Å². The lowest BCUT2D eigenvalue weighted by molar-refractivity contribution is -0.116. The van der Waals surface area contributed by atoms with Crippen molar-refractivity contribution in [2.24, 2.45) is 5.92 Å². The van der Waals surface area contributed by atoms with Gasteiger partial charge >= 0.3 is 0 Å². The van der Waals surface area contributed by atoms with E-state index in [1.165, 1.54) is 0 Å². The van der Waals surface area contributed by atoms with Crippen molar-refractivity contribution in [2.75, 3.05) is 18.5 Å². The maximum Gasteiger partial charge on any atom is 0.224 e. The maximum atomic E-state index is 11.8. The monoisotopic (exact) mass is 291 g/mol. The Morgan fingerprint density at radius 1 is 1.48 bits per heavy atom. The fourth-order valence-corrected chi connectivity index (χ4v) is 2.27. The van der Waals surface area contributed by atoms with Gasteiger partial charge in [-0.1, -0.05) is 19.9 Å². The molecule has 4 nitrogen and oxygen atoms in total. The number of hydrogen-bond donors (Lipinski definition) is 1. The van der Waals surface area contributed by atoms with Crippen LogP contribution in [0.15, 0.2) is 24.3 Å². The molecule has 0 aromatic heterocycles. The van der Waals surface area contributed by atoms with Gasteiger partial charge in [0.2, 0.25) is 5.91 Å². The zero-order valence-corrected chi connectivity index (χ0v) is 12.9. The quantitative estimate of drug-likeness (QED) is 0.834. The Balaban J connectivity index is 1.80. The minimum absolute atomic E-state index is 0.0555. The number of nitrogens with one attached hydrogen (secondary N) is 1. The lowest BCUT2D eigenvalue weighted by Gasteiger charge is -2.12. The van der Waals surface area contributed by atoms with Crippen LogP contribution in [0.4, 0.5) is 5.69 Å². The summed E-state index contributed by atoms with van der Waals surface area (Å²) in [6.45, 7) is 5.64. The molecule has 1 amide bonds. The van der Waals surface area contributed by atoms with Gasteiger partial charge in [0.1, 0.15) is 12.4 Å². The van der Waals surface area contributed by atoms with Crippen LogP contribution in [0.2, 0.25) is 0 Å². The van der Waals surface area contributed by atoms with Crippen LogP contribution < -0.4 is 10.1 Å². The zero-order valence-electron chi connectivity index (χ0n) is 12.9. The summed E-state index contributed by atoms with van der Waals surface area (Å²) >= 11 is 0. The first-order valence-corrected chi connectivity index (χ1v) is 7.78. The molecule has 21 heavy (non-hydrogen) atoms. The second-order valence-corrected chi connectivity index (χ2v) is 5.95. The average molecular weight is 291 g/mol. The van der Waals surface area contributed by atoms with Gasteiger partial charge in [-0.15, -0.1) is 0 Å². The first-order valence-electron chi connectivity index (χ1n) is 7.78. The number of anilines is 1. The molecule has 0 saturated carbocycles. The second kappa shape index (κ2) is 8.03. The molecule has 2 rings (SSSR count). The SMILES string of the molecule is CC(C)CCC(=O)Nc1cccc(OCC2CCCO2)c1. The molecule has 1 aromatic rings. The molecule has 1 aliphatic heterocycles. The summed E-state index contributed by atoms with van der Waals surface area (Å²) in [4.78, 5) is 11.8. The first-order chi connectivity index (χ1) is 10.1. The van der Waals surface area contributed by atoms with Gasteiger partial charge in [-0.3, -0.25) is 4.79 Å². The van der Waals surface area contributed by atoms with Crippen LogP contribution in [-0.2, 0) is 9.53 Å². The molecule has 0 bridgehead atoms. The minimum Gasteiger partial charge on any atom is -0.491 e. The van der Waals surface area contributed by atoms with E-state index in [0.717, 1.165) is 37.3 Å². The smallest absolute Gasteiger partial charge is 0.224 e. The number of rotatable bonds is 7. The highest BCUT2D eigenvalue weighted by Gasteiger charge is 2.16. The summed E-state index contributed by atoms with van der Waals surface area (Å²) in [5.41, 5.74) is 0.786. The third-order valence-corrected chi connectivity index (χ3v) is 3.53. The molecule has 1 aliphatic rings. The molecule has 116 valence electrons. The number of ether oxygens (including phenoxy) is 2. The third-order valence-electron chi connectivity index (χ3n) is 3.53. The Morgan fingerprint density at radius 3 is 3.05 bits per heavy atom. The molecule has 1 atom stereocenters. The molecule has 1 N–H and O–H groups in total. The van der Waals surface area contributed by atoms with E-state index < -0.39 is 0 Å². The van der Waals surface area contributed by atoms with Crippen LogP contribution in [0.25, 0.3) is 0 Å². The predicted octanol–water partition coefficient (Wildman–Crippen LogP) is 3.62. The van der Waals surface area contributed by atoms with E-state index in [9.17, 15) is 4.79 Å². The highest BCUT2D eigenvalue weighted by Crippen LogP contribution is 2.20. The standard InChI is InChI=1S/C17H25NO3/c1-13(2)8-9-17(19)18-14-5-3-6-15(11-14)21-12-16-7-4-10-20-16/h3,5-6,11,13,16H,4,7-10,12H2,1-2H3,(H,18,19). The van der Waals surface area contributed by atoms with Crippen LogP contribution in [-0.4, -0.2) is 25.2 Å². The maximum absolute atomic E-state index is 11.8. The molecule has 1 saturated heterocycles. The lowest BCUT2D eigenvalue weighted by atomic mass is 10.1. The average Bonchev–Trinajstić information content (AvgIpc) is 2.97. The van der Waals surface area contributed by atoms with E-state index in [4.69, 9.17) is 9.47 Å². The van der Waals surface area contributed by atoms with E-state index >= 15 is 0 Å². The fraction of sp³-hybridized carbons (Fsp3) is 0.588. The van der Waals surface area contributed by atoms with Gasteiger partial charge in [0, 0.05) is 24.8 Å². The van der Waals surface area contributed by atoms with Gasteiger partial charge in [0.05, 0.1) is 6.10 Å². The van der Waals surface area contributed by atoms with Crippen molar-refractivity contribution in [3.05, 3.63) is 24.3 Å². The molecule has 0 aliphatic carbocycles. The van der Waals surface area contributed by atoms with E-state index in [0.29, 0.717) is 18.9 Å². The van der Waals surface area contributed by atoms with E-state index in [-0.39, 0.29) is 12.0 Å². The van der Waals surface area contributed by atoms with Crippen molar-refractivity contribution >= 4 is 11.6 Å². The summed E-state index contributed by atoms with van der Waals surface area (Å²) < 4.78 is 11.3. The highest BCUT2D eigenvalue weighted by molar-refractivity contribution is 5.90. The van der Waals surface area contributed by atoms with Crippen molar-refractivity contribution < 1.29 is 14.3 Å². The number of amides is 1. The Bertz CT molecular complexity index is 453. The van der Waals surface area contributed by atoms with Gasteiger partial charge < -0.3 is 14.8 Å². The summed E-state index contributed by atoms with van der Waals surface area (Å²) in [5, 5.41) is 2.92. The van der Waals surface area contributed by atoms with Crippen molar-refractivity contribution in [1.82, 2.24) is 0 Å². The van der Waals surface area contributed by atoms with Crippen molar-refractivity contribution in [3.8, 4) is 5.75 Å². The Labute approximate surface area is 126 Å². The van der Waals surface area contributed by atoms with Crippen molar-refractivity contribution in [2.45, 2.75) is 45.6 Å². The largest absolute Gasteiger partial charge is 0.491 e. The van der Waals surface area contributed by atoms with Gasteiger partial charge in [0.25, 0.3) is 0 Å². The predicted molar refractivity (Wildman–Crippen MR) is 83.6 cm³/mol. The van der Waals surface area contributed by atoms with Crippen molar-refractivity contribution in [3.63, 3.8) is 0 Å². The topological polar surface area (TPSA) is 47.6 Å². The molecule has 1 unspecified atom stereocenters. The molecule has 0 radical (unpaired) electrons. The Morgan fingerprint density at radius 2 is 2.33 bits per heavy atom. The molecule has 4 heteroatoms. The van der Waals surface area contributed by atoms with E-state index in [1.54, 1.807) is 0 Å². The van der Waals surface area contributed by atoms with Crippen LogP contribution in [0.5, 0.6) is 5.75 Å². The highest BCUT2D eigenvalue weighted by atomic mass is 16.5. The first kappa shape index (κ1) is 15.8. The summed E-state index contributed by atoms with van der Waals surface area (Å²) in [6, 6.07) is 7.54. The van der Waals surface area contributed by atoms with Crippen molar-refractivity contribution in [1.29, 1.82) is 0 Å². The number of carbonyl (C=O) groups excluding carboxylic acids is 1. The molecular weight excluding hydrogens is 266 g/mol. The molecule has 0 spiro atoms. The fourth-order valence-electron chi connectivity index (χ4n) is 2.27. The second-order valence-electron chi connectivity index (χ2n) is 5.95. The molecule has 1 heterocycles. The van der Waals surface area contributed by atoms with Gasteiger partial charge in [-0.25, -0.2) is 0 Å². The summed E-state index contributed by atoms with van der Waals surface area (Å²) in [5.74, 6) is 1.36. The molecule has 1 fully saturated rings. The van der Waals surface area contributed by atoms with Gasteiger partial charge in [-0.05, 0) is 37.3 Å². The summed E-state index contributed by atoms with van der Waals surface area (Å²) in [7, 11) is 0. The Kier molecular flexibility index (Phi) is 6.05. The normalized spacial score (nSPS) is 18.0. The van der Waals surface area contributed by atoms with Crippen LogP contribution in [0.3, 0.4) is 0 Å². The van der Waals surface area contributed by atoms with Crippen LogP contribution in [0.1, 0.15) is 39.5 Å². The minimum atomic E-state index is 0.0555. The number of carbonyl (C=O) groups is 1. The molecule has 1 aromatic carbocycles. The summed E-state index contributed by atoms with van der Waals surface area (Å²) in [6.07, 6.45) is 3.83. The lowest BCUT2D eigenvalue weighted by Crippen LogP contribution is -2.16. The zero-order chi connectivity index (χ0) is 15.1. The van der Waals surface area contributed by atoms with Gasteiger partial charge in [-0.2, -0.15) is 0 Å². The van der Waals surface area contributed by atoms with Crippen LogP contribution in [0, 0.1) is 5.92 Å². The van der Waals surface area contributed by atoms with E-state index in [2.05, 4.69) is 19.2 Å². The van der Waals surface area contributed by atoms with E-state index in [1.807, 2.05) is 24.3 Å². The number of benzene rings is 1. The number of hydrogen-bond acceptors (Lipinski definition) is 3.